The van der Waals surface area contributed by atoms with E-state index in [0.717, 1.165) is 17.7 Å². The van der Waals surface area contributed by atoms with Crippen LogP contribution in [0.25, 0.3) is 0 Å². The van der Waals surface area contributed by atoms with E-state index in [2.05, 4.69) is 12.2 Å². The van der Waals surface area contributed by atoms with Crippen LogP contribution in [-0.2, 0) is 23.9 Å². The van der Waals surface area contributed by atoms with Gasteiger partial charge in [0.05, 0.1) is 19.1 Å². The van der Waals surface area contributed by atoms with Crippen molar-refractivity contribution in [2.24, 2.45) is 11.8 Å². The van der Waals surface area contributed by atoms with Crippen molar-refractivity contribution in [1.29, 1.82) is 0 Å². The Labute approximate surface area is 188 Å². The van der Waals surface area contributed by atoms with Crippen LogP contribution >= 0.6 is 0 Å². The van der Waals surface area contributed by atoms with E-state index in [9.17, 15) is 24.0 Å². The zero-order valence-corrected chi connectivity index (χ0v) is 19.2. The molecule has 1 spiro atoms. The highest BCUT2D eigenvalue weighted by Crippen LogP contribution is 2.36. The van der Waals surface area contributed by atoms with Crippen LogP contribution in [0.1, 0.15) is 52.4 Å². The minimum atomic E-state index is -0.887. The molecule has 178 valence electrons. The van der Waals surface area contributed by atoms with Crippen LogP contribution in [0.15, 0.2) is 0 Å². The first-order valence-corrected chi connectivity index (χ1v) is 11.5. The Kier molecular flexibility index (Phi) is 7.40. The topological polar surface area (TPSA) is 116 Å². The van der Waals surface area contributed by atoms with Crippen LogP contribution < -0.4 is 5.32 Å². The zero-order chi connectivity index (χ0) is 23.5. The predicted octanol–water partition coefficient (Wildman–Crippen LogP) is 0.747. The van der Waals surface area contributed by atoms with Gasteiger partial charge in [0, 0.05) is 20.1 Å². The number of carbonyl (C=O) groups is 5. The molecule has 2 aliphatic heterocycles. The molecule has 2 heterocycles. The molecular weight excluding hydrogens is 416 g/mol. The summed E-state index contributed by atoms with van der Waals surface area (Å²) in [7, 11) is 1.49. The Bertz CT molecular complexity index is 768. The number of ether oxygens (including phenoxy) is 1. The normalized spacial score (nSPS) is 26.3. The summed E-state index contributed by atoms with van der Waals surface area (Å²) in [5, 5.41) is 2.80. The average molecular weight is 451 g/mol. The monoisotopic (exact) mass is 450 g/mol. The molecule has 3 aliphatic rings. The molecule has 1 N–H and O–H groups in total. The molecule has 5 amide bonds. The zero-order valence-electron chi connectivity index (χ0n) is 19.2. The lowest BCUT2D eigenvalue weighted by Gasteiger charge is -2.33. The number of hydrogen-bond donors (Lipinski definition) is 1. The largest absolute Gasteiger partial charge is 0.466 e. The third kappa shape index (κ3) is 5.05. The van der Waals surface area contributed by atoms with Crippen molar-refractivity contribution in [3.05, 3.63) is 0 Å². The van der Waals surface area contributed by atoms with Gasteiger partial charge < -0.3 is 19.9 Å². The summed E-state index contributed by atoms with van der Waals surface area (Å²) >= 11 is 0. The van der Waals surface area contributed by atoms with Crippen LogP contribution in [0.4, 0.5) is 4.79 Å². The number of likely N-dealkylation sites (N-methyl/N-ethyl adjacent to an activating group) is 1. The second-order valence-electron chi connectivity index (χ2n) is 9.24. The molecule has 0 aromatic carbocycles. The fourth-order valence-corrected chi connectivity index (χ4v) is 4.69. The van der Waals surface area contributed by atoms with E-state index in [4.69, 9.17) is 4.74 Å². The molecule has 0 aromatic rings. The Morgan fingerprint density at radius 1 is 1.12 bits per heavy atom. The van der Waals surface area contributed by atoms with Gasteiger partial charge in [-0.1, -0.05) is 6.92 Å². The summed E-state index contributed by atoms with van der Waals surface area (Å²) < 4.78 is 5.04. The fraction of sp³-hybridized carbons (Fsp3) is 0.773. The highest BCUT2D eigenvalue weighted by molar-refractivity contribution is 6.09. The molecule has 0 aromatic heterocycles. The van der Waals surface area contributed by atoms with Gasteiger partial charge in [-0.05, 0) is 51.4 Å². The molecule has 0 radical (unpaired) electrons. The molecule has 32 heavy (non-hydrogen) atoms. The quantitative estimate of drug-likeness (QED) is 0.471. The maximum atomic E-state index is 12.9. The van der Waals surface area contributed by atoms with Crippen LogP contribution in [0.2, 0.25) is 0 Å². The summed E-state index contributed by atoms with van der Waals surface area (Å²) in [5.41, 5.74) is -0.887. The first-order chi connectivity index (χ1) is 15.2. The van der Waals surface area contributed by atoms with Gasteiger partial charge in [-0.15, -0.1) is 0 Å². The highest BCUT2D eigenvalue weighted by atomic mass is 16.5. The Hall–Kier alpha value is -2.65. The smallest absolute Gasteiger partial charge is 0.325 e. The first kappa shape index (κ1) is 24.0. The Morgan fingerprint density at radius 3 is 2.34 bits per heavy atom. The van der Waals surface area contributed by atoms with E-state index in [-0.39, 0.29) is 36.8 Å². The number of carbonyl (C=O) groups excluding carboxylic acids is 5. The van der Waals surface area contributed by atoms with E-state index >= 15 is 0 Å². The van der Waals surface area contributed by atoms with Crippen LogP contribution in [0.5, 0.6) is 0 Å². The van der Waals surface area contributed by atoms with Crippen molar-refractivity contribution < 1.29 is 28.7 Å². The molecule has 10 nitrogen and oxygen atoms in total. The van der Waals surface area contributed by atoms with E-state index in [1.165, 1.54) is 11.9 Å². The van der Waals surface area contributed by atoms with Crippen molar-refractivity contribution in [2.75, 3.05) is 39.8 Å². The first-order valence-electron chi connectivity index (χ1n) is 11.5. The number of amides is 5. The van der Waals surface area contributed by atoms with Gasteiger partial charge in [0.1, 0.15) is 12.1 Å². The van der Waals surface area contributed by atoms with Gasteiger partial charge in [0.15, 0.2) is 0 Å². The summed E-state index contributed by atoms with van der Waals surface area (Å²) in [5.74, 6) is -0.953. The molecule has 1 aliphatic carbocycles. The molecule has 3 fully saturated rings. The summed E-state index contributed by atoms with van der Waals surface area (Å²) in [6, 6.07) is -0.543. The minimum Gasteiger partial charge on any atom is -0.466 e. The maximum Gasteiger partial charge on any atom is 0.325 e. The second kappa shape index (κ2) is 9.87. The van der Waals surface area contributed by atoms with E-state index in [0.29, 0.717) is 51.3 Å². The number of nitrogens with zero attached hydrogens (tertiary/aromatic N) is 3. The number of urea groups is 1. The summed E-state index contributed by atoms with van der Waals surface area (Å²) in [6.45, 7) is 4.56. The lowest BCUT2D eigenvalue weighted by molar-refractivity contribution is -0.151. The molecule has 1 saturated carbocycles. The van der Waals surface area contributed by atoms with Gasteiger partial charge in [-0.25, -0.2) is 4.79 Å². The number of imide groups is 1. The highest BCUT2D eigenvalue weighted by Gasteiger charge is 2.52. The molecule has 2 saturated heterocycles. The SMILES string of the molecule is CCOC(=O)C1CCN(C(=O)CN(C)C(=O)CN2C(=O)NC3(CCC(C)CC3)C2=O)CC1. The number of esters is 1. The molecule has 0 unspecified atom stereocenters. The molecule has 3 rings (SSSR count). The molecule has 0 atom stereocenters. The van der Waals surface area contributed by atoms with Gasteiger partial charge in [-0.2, -0.15) is 0 Å². The third-order valence-corrected chi connectivity index (χ3v) is 6.93. The van der Waals surface area contributed by atoms with Gasteiger partial charge in [-0.3, -0.25) is 24.1 Å². The van der Waals surface area contributed by atoms with Crippen molar-refractivity contribution in [3.8, 4) is 0 Å². The Morgan fingerprint density at radius 2 is 1.75 bits per heavy atom. The molecule has 10 heteroatoms. The maximum absolute atomic E-state index is 12.9. The minimum absolute atomic E-state index is 0.144. The van der Waals surface area contributed by atoms with Crippen molar-refractivity contribution in [1.82, 2.24) is 20.0 Å². The van der Waals surface area contributed by atoms with Crippen molar-refractivity contribution >= 4 is 29.7 Å². The number of likely N-dealkylation sites (tertiary alicyclic amines) is 1. The predicted molar refractivity (Wildman–Crippen MR) is 114 cm³/mol. The average Bonchev–Trinajstić information content (AvgIpc) is 3.00. The van der Waals surface area contributed by atoms with Crippen LogP contribution in [0, 0.1) is 11.8 Å². The van der Waals surface area contributed by atoms with E-state index in [1.54, 1.807) is 11.8 Å². The van der Waals surface area contributed by atoms with Crippen molar-refractivity contribution in [2.45, 2.75) is 57.9 Å². The van der Waals surface area contributed by atoms with Crippen LogP contribution in [0.3, 0.4) is 0 Å². The fourth-order valence-electron chi connectivity index (χ4n) is 4.69. The number of nitrogens with one attached hydrogen (secondary N) is 1. The van der Waals surface area contributed by atoms with Crippen LogP contribution in [-0.4, -0.2) is 89.8 Å². The van der Waals surface area contributed by atoms with Gasteiger partial charge in [0.25, 0.3) is 5.91 Å². The number of hydrogen-bond acceptors (Lipinski definition) is 6. The number of piperidine rings is 1. The second-order valence-corrected chi connectivity index (χ2v) is 9.24. The lowest BCUT2D eigenvalue weighted by atomic mass is 9.77. The van der Waals surface area contributed by atoms with Gasteiger partial charge >= 0.3 is 12.0 Å². The summed E-state index contributed by atoms with van der Waals surface area (Å²) in [6.07, 6.45) is 3.94. The van der Waals surface area contributed by atoms with E-state index < -0.39 is 17.5 Å². The summed E-state index contributed by atoms with van der Waals surface area (Å²) in [4.78, 5) is 66.3. The molecular formula is C22H34N4O6. The van der Waals surface area contributed by atoms with Crippen molar-refractivity contribution in [3.63, 3.8) is 0 Å². The van der Waals surface area contributed by atoms with Gasteiger partial charge in [0.2, 0.25) is 11.8 Å². The molecule has 0 bridgehead atoms. The third-order valence-electron chi connectivity index (χ3n) is 6.93. The van der Waals surface area contributed by atoms with E-state index in [1.807, 2.05) is 0 Å². The lowest BCUT2D eigenvalue weighted by Crippen LogP contribution is -2.50. The standard InChI is InChI=1S/C22H34N4O6/c1-4-32-19(29)16-7-11-25(12-8-16)18(28)13-24(3)17(27)14-26-20(30)22(23-21(26)31)9-5-15(2)6-10-22/h15-16H,4-14H2,1-3H3,(H,23,31). The Balaban J connectivity index is 1.49. The number of rotatable bonds is 6.